The van der Waals surface area contributed by atoms with E-state index in [-0.39, 0.29) is 26.5 Å². The van der Waals surface area contributed by atoms with E-state index in [2.05, 4.69) is 247 Å². The van der Waals surface area contributed by atoms with Crippen LogP contribution in [0.1, 0.15) is 31.9 Å². The van der Waals surface area contributed by atoms with E-state index in [1.165, 1.54) is 10.9 Å². The SMILES string of the molecule is Cc1ccc(N2[CH-]N(c3c(-c4ccccc4)cccc3-c3ccccc3)c3ccccc32)[c-]c1Oc1[c-]c2c3c4c(cccc4n(-c4ccccc4)c3c1)n2-c1cc(C(C)(C)C)ccn1.[Pt]. The maximum absolute atomic E-state index is 7.02. The molecule has 0 saturated carbocycles. The number of fused-ring (bicyclic) bond motifs is 1. The number of benzene rings is 8. The van der Waals surface area contributed by atoms with E-state index in [0.29, 0.717) is 11.5 Å². The van der Waals surface area contributed by atoms with Crippen molar-refractivity contribution in [2.24, 2.45) is 0 Å². The summed E-state index contributed by atoms with van der Waals surface area (Å²) >= 11 is 0. The minimum atomic E-state index is -0.0515. The number of hydrogen-bond acceptors (Lipinski definition) is 4. The molecule has 12 rings (SSSR count). The number of aryl methyl sites for hydroxylation is 1. The zero-order chi connectivity index (χ0) is 43.8. The van der Waals surface area contributed by atoms with Crippen molar-refractivity contribution in [3.8, 4) is 45.3 Å². The second-order valence-corrected chi connectivity index (χ2v) is 17.8. The zero-order valence-electron chi connectivity index (χ0n) is 36.9. The molecule has 0 amide bonds. The van der Waals surface area contributed by atoms with Crippen LogP contribution in [0.5, 0.6) is 11.5 Å². The molecular weight excluding hydrogens is 990 g/mol. The van der Waals surface area contributed by atoms with Crippen LogP contribution < -0.4 is 14.5 Å². The van der Waals surface area contributed by atoms with Gasteiger partial charge in [-0.25, -0.2) is 4.98 Å². The second kappa shape index (κ2) is 16.2. The van der Waals surface area contributed by atoms with Crippen LogP contribution >= 0.6 is 0 Å². The number of ether oxygens (including phenoxy) is 1. The van der Waals surface area contributed by atoms with E-state index in [9.17, 15) is 0 Å². The Balaban J connectivity index is 0.00000481. The van der Waals surface area contributed by atoms with Gasteiger partial charge in [0.1, 0.15) is 5.82 Å². The summed E-state index contributed by atoms with van der Waals surface area (Å²) in [5.41, 5.74) is 16.0. The molecule has 0 aliphatic carbocycles. The Kier molecular flexibility index (Phi) is 10.2. The first-order valence-electron chi connectivity index (χ1n) is 22.1. The van der Waals surface area contributed by atoms with Crippen molar-refractivity contribution in [2.75, 3.05) is 9.80 Å². The monoisotopic (exact) mass is 1030 g/mol. The molecule has 0 unspecified atom stereocenters. The van der Waals surface area contributed by atoms with E-state index < -0.39 is 0 Å². The molecule has 66 heavy (non-hydrogen) atoms. The van der Waals surface area contributed by atoms with Gasteiger partial charge in [-0.05, 0) is 81.5 Å². The number of aromatic nitrogens is 3. The minimum Gasteiger partial charge on any atom is -0.509 e. The molecule has 4 heterocycles. The summed E-state index contributed by atoms with van der Waals surface area (Å²) in [6.07, 6.45) is 1.92. The predicted octanol–water partition coefficient (Wildman–Crippen LogP) is 15.3. The first-order chi connectivity index (χ1) is 31.8. The van der Waals surface area contributed by atoms with Crippen LogP contribution in [0.3, 0.4) is 0 Å². The third-order valence-electron chi connectivity index (χ3n) is 12.7. The fraction of sp³-hybridized carbons (Fsp3) is 0.0847. The Morgan fingerprint density at radius 2 is 1.17 bits per heavy atom. The molecule has 0 N–H and O–H groups in total. The molecule has 324 valence electrons. The molecule has 0 fully saturated rings. The van der Waals surface area contributed by atoms with Crippen molar-refractivity contribution in [1.29, 1.82) is 0 Å². The Hall–Kier alpha value is -7.40. The van der Waals surface area contributed by atoms with E-state index >= 15 is 0 Å². The standard InChI is InChI=1S/C59H44N5O.Pt/c1-39-30-31-44(61-38-62(49-27-15-14-26-48(49)61)58-46(40-18-8-5-9-19-40)24-16-25-47(58)41-20-10-6-11-21-41)35-54(39)65-45-36-52-57-53(37-45)64(55-34-42(32-33-60-55)59(2,3)4)51-29-17-28-50(56(51)57)63(52)43-22-12-7-13-23-43;/h5-34,36,38H,1-4H3;/q-3;. The Bertz CT molecular complexity index is 3500. The number of anilines is 4. The average Bonchev–Trinajstić information content (AvgIpc) is 4.01. The first-order valence-corrected chi connectivity index (χ1v) is 22.1. The molecule has 0 bridgehead atoms. The molecule has 8 aromatic carbocycles. The van der Waals surface area contributed by atoms with Gasteiger partial charge in [-0.15, -0.1) is 42.2 Å². The molecular formula is C59H44N5OPt-3. The average molecular weight is 1030 g/mol. The van der Waals surface area contributed by atoms with Crippen molar-refractivity contribution in [2.45, 2.75) is 33.1 Å². The van der Waals surface area contributed by atoms with Gasteiger partial charge < -0.3 is 23.7 Å². The number of pyridine rings is 1. The van der Waals surface area contributed by atoms with E-state index in [1.807, 2.05) is 6.20 Å². The van der Waals surface area contributed by atoms with Gasteiger partial charge in [-0.3, -0.25) is 0 Å². The van der Waals surface area contributed by atoms with Crippen LogP contribution in [0, 0.1) is 25.7 Å². The van der Waals surface area contributed by atoms with E-state index in [4.69, 9.17) is 9.72 Å². The topological polar surface area (TPSA) is 38.5 Å². The van der Waals surface area contributed by atoms with Gasteiger partial charge in [0.15, 0.2) is 0 Å². The van der Waals surface area contributed by atoms with Crippen LogP contribution in [0.15, 0.2) is 188 Å². The van der Waals surface area contributed by atoms with E-state index in [1.54, 1.807) is 0 Å². The first kappa shape index (κ1) is 41.3. The largest absolute Gasteiger partial charge is 0.509 e. The molecule has 3 aromatic heterocycles. The summed E-state index contributed by atoms with van der Waals surface area (Å²) in [4.78, 5) is 9.51. The van der Waals surface area contributed by atoms with Crippen LogP contribution in [0.4, 0.5) is 22.7 Å². The third-order valence-corrected chi connectivity index (χ3v) is 12.7. The van der Waals surface area contributed by atoms with Crippen LogP contribution in [-0.2, 0) is 26.5 Å². The smallest absolute Gasteiger partial charge is 0.135 e. The Morgan fingerprint density at radius 3 is 1.83 bits per heavy atom. The molecule has 0 saturated heterocycles. The fourth-order valence-electron chi connectivity index (χ4n) is 9.56. The van der Waals surface area contributed by atoms with Gasteiger partial charge in [-0.1, -0.05) is 154 Å². The quantitative estimate of drug-likeness (QED) is 0.142. The molecule has 0 spiro atoms. The van der Waals surface area contributed by atoms with Crippen molar-refractivity contribution >= 4 is 55.6 Å². The molecule has 11 aromatic rings. The maximum Gasteiger partial charge on any atom is 0.135 e. The van der Waals surface area contributed by atoms with Crippen molar-refractivity contribution in [3.63, 3.8) is 0 Å². The van der Waals surface area contributed by atoms with Crippen molar-refractivity contribution in [3.05, 3.63) is 218 Å². The number of rotatable bonds is 8. The summed E-state index contributed by atoms with van der Waals surface area (Å²) < 4.78 is 11.6. The van der Waals surface area contributed by atoms with Crippen LogP contribution in [0.25, 0.3) is 66.6 Å². The molecule has 1 aliphatic heterocycles. The summed E-state index contributed by atoms with van der Waals surface area (Å²) in [5.74, 6) is 2.07. The molecule has 0 atom stereocenters. The zero-order valence-corrected chi connectivity index (χ0v) is 39.2. The van der Waals surface area contributed by atoms with Gasteiger partial charge in [0.2, 0.25) is 0 Å². The van der Waals surface area contributed by atoms with Gasteiger partial charge >= 0.3 is 0 Å². The van der Waals surface area contributed by atoms with Gasteiger partial charge in [0, 0.05) is 83.7 Å². The Morgan fingerprint density at radius 1 is 0.561 bits per heavy atom. The summed E-state index contributed by atoms with van der Waals surface area (Å²) in [6, 6.07) is 71.7. The van der Waals surface area contributed by atoms with Gasteiger partial charge in [-0.2, -0.15) is 6.07 Å². The minimum absolute atomic E-state index is 0. The Labute approximate surface area is 399 Å². The van der Waals surface area contributed by atoms with Crippen molar-refractivity contribution in [1.82, 2.24) is 14.1 Å². The predicted molar refractivity (Wildman–Crippen MR) is 267 cm³/mol. The molecule has 6 nitrogen and oxygen atoms in total. The number of nitrogens with zero attached hydrogens (tertiary/aromatic N) is 5. The number of hydrogen-bond donors (Lipinski definition) is 0. The van der Waals surface area contributed by atoms with Crippen molar-refractivity contribution < 1.29 is 25.8 Å². The summed E-state index contributed by atoms with van der Waals surface area (Å²) in [5, 5.41) is 2.30. The van der Waals surface area contributed by atoms with E-state index in [0.717, 1.165) is 89.5 Å². The summed E-state index contributed by atoms with van der Waals surface area (Å²) in [7, 11) is 0. The fourth-order valence-corrected chi connectivity index (χ4v) is 9.56. The normalized spacial score (nSPS) is 12.6. The van der Waals surface area contributed by atoms with Gasteiger partial charge in [0.05, 0.1) is 0 Å². The van der Waals surface area contributed by atoms with Crippen LogP contribution in [-0.4, -0.2) is 14.1 Å². The molecule has 0 radical (unpaired) electrons. The maximum atomic E-state index is 7.02. The van der Waals surface area contributed by atoms with Gasteiger partial charge in [0.25, 0.3) is 0 Å². The van der Waals surface area contributed by atoms with Crippen LogP contribution in [0.2, 0.25) is 0 Å². The third kappa shape index (κ3) is 6.78. The number of para-hydroxylation sites is 4. The molecule has 7 heteroatoms. The second-order valence-electron chi connectivity index (χ2n) is 17.8. The molecule has 1 aliphatic rings. The summed E-state index contributed by atoms with van der Waals surface area (Å²) in [6.45, 7) is 11.0.